The Morgan fingerprint density at radius 2 is 2.20 bits per heavy atom. The normalized spacial score (nSPS) is 12.7. The number of rotatable bonds is 5. The number of thioether (sulfide) groups is 1. The number of aliphatic hydroxyl groups is 1. The van der Waals surface area contributed by atoms with Crippen molar-refractivity contribution in [1.29, 1.82) is 0 Å². The number of benzene rings is 1. The molecule has 0 fully saturated rings. The highest BCUT2D eigenvalue weighted by molar-refractivity contribution is 9.10. The van der Waals surface area contributed by atoms with Crippen LogP contribution < -0.4 is 5.73 Å². The third kappa shape index (κ3) is 4.91. The molecule has 0 saturated heterocycles. The standard InChI is InChI=1S/C11H16BrNOS/c1-8(2-3-14)15-7-9-4-10(12)6-11(13)5-9/h4-6,8,14H,2-3,7,13H2,1H3. The highest BCUT2D eigenvalue weighted by atomic mass is 79.9. The molecule has 0 aliphatic heterocycles. The summed E-state index contributed by atoms with van der Waals surface area (Å²) in [5.74, 6) is 0.935. The highest BCUT2D eigenvalue weighted by Crippen LogP contribution is 2.24. The smallest absolute Gasteiger partial charge is 0.0441 e. The van der Waals surface area contributed by atoms with E-state index in [0.717, 1.165) is 22.3 Å². The van der Waals surface area contributed by atoms with Gasteiger partial charge in [-0.15, -0.1) is 0 Å². The molecule has 3 N–H and O–H groups in total. The Morgan fingerprint density at radius 3 is 2.80 bits per heavy atom. The number of hydrogen-bond acceptors (Lipinski definition) is 3. The van der Waals surface area contributed by atoms with Crippen molar-refractivity contribution in [2.24, 2.45) is 0 Å². The van der Waals surface area contributed by atoms with Gasteiger partial charge in [0.1, 0.15) is 0 Å². The number of nitrogen functional groups attached to an aromatic ring is 1. The van der Waals surface area contributed by atoms with Gasteiger partial charge < -0.3 is 10.8 Å². The second-order valence-corrected chi connectivity index (χ2v) is 5.87. The molecular formula is C11H16BrNOS. The van der Waals surface area contributed by atoms with Crippen molar-refractivity contribution in [2.75, 3.05) is 12.3 Å². The lowest BCUT2D eigenvalue weighted by Crippen LogP contribution is -2.00. The second-order valence-electron chi connectivity index (χ2n) is 3.53. The van der Waals surface area contributed by atoms with Gasteiger partial charge in [0.2, 0.25) is 0 Å². The van der Waals surface area contributed by atoms with Crippen LogP contribution in [-0.4, -0.2) is 17.0 Å². The van der Waals surface area contributed by atoms with E-state index >= 15 is 0 Å². The average molecular weight is 290 g/mol. The first-order valence-corrected chi connectivity index (χ1v) is 6.73. The van der Waals surface area contributed by atoms with Gasteiger partial charge in [0, 0.05) is 27.8 Å². The van der Waals surface area contributed by atoms with Crippen LogP contribution in [-0.2, 0) is 5.75 Å². The minimum atomic E-state index is 0.259. The van der Waals surface area contributed by atoms with Gasteiger partial charge in [-0.3, -0.25) is 0 Å². The van der Waals surface area contributed by atoms with Crippen LogP contribution in [0.5, 0.6) is 0 Å². The summed E-state index contributed by atoms with van der Waals surface area (Å²) in [4.78, 5) is 0. The van der Waals surface area contributed by atoms with Crippen molar-refractivity contribution < 1.29 is 5.11 Å². The molecule has 0 saturated carbocycles. The van der Waals surface area contributed by atoms with Crippen molar-refractivity contribution in [2.45, 2.75) is 24.3 Å². The lowest BCUT2D eigenvalue weighted by molar-refractivity contribution is 0.289. The summed E-state index contributed by atoms with van der Waals surface area (Å²) in [6.07, 6.45) is 0.841. The summed E-state index contributed by atoms with van der Waals surface area (Å²) >= 11 is 5.26. The fraction of sp³-hybridized carbons (Fsp3) is 0.455. The molecule has 0 radical (unpaired) electrons. The Bertz CT molecular complexity index is 299. The summed E-state index contributed by atoms with van der Waals surface area (Å²) in [7, 11) is 0. The summed E-state index contributed by atoms with van der Waals surface area (Å²) < 4.78 is 1.02. The summed E-state index contributed by atoms with van der Waals surface area (Å²) in [5.41, 5.74) is 7.75. The first kappa shape index (κ1) is 12.9. The van der Waals surface area contributed by atoms with Crippen LogP contribution in [0.1, 0.15) is 18.9 Å². The molecular weight excluding hydrogens is 274 g/mol. The molecule has 1 atom stereocenters. The number of halogens is 1. The highest BCUT2D eigenvalue weighted by Gasteiger charge is 2.03. The van der Waals surface area contributed by atoms with Crippen LogP contribution in [0.25, 0.3) is 0 Å². The molecule has 0 bridgehead atoms. The molecule has 4 heteroatoms. The fourth-order valence-corrected chi connectivity index (χ4v) is 2.74. The van der Waals surface area contributed by atoms with Crippen molar-refractivity contribution in [3.63, 3.8) is 0 Å². The molecule has 2 nitrogen and oxygen atoms in total. The maximum atomic E-state index is 8.78. The lowest BCUT2D eigenvalue weighted by atomic mass is 10.2. The van der Waals surface area contributed by atoms with Crippen LogP contribution in [0.4, 0.5) is 5.69 Å². The molecule has 0 heterocycles. The Hall–Kier alpha value is -0.190. The van der Waals surface area contributed by atoms with Gasteiger partial charge in [-0.05, 0) is 30.2 Å². The van der Waals surface area contributed by atoms with Crippen LogP contribution in [0, 0.1) is 0 Å². The van der Waals surface area contributed by atoms with E-state index in [9.17, 15) is 0 Å². The van der Waals surface area contributed by atoms with Crippen LogP contribution >= 0.6 is 27.7 Å². The second kappa shape index (κ2) is 6.40. The molecule has 1 aromatic rings. The molecule has 1 unspecified atom stereocenters. The molecule has 0 amide bonds. The van der Waals surface area contributed by atoms with Crippen molar-refractivity contribution in [3.8, 4) is 0 Å². The SMILES string of the molecule is CC(CCO)SCc1cc(N)cc(Br)c1. The molecule has 0 aromatic heterocycles. The fourth-order valence-electron chi connectivity index (χ4n) is 1.26. The zero-order valence-corrected chi connectivity index (χ0v) is 11.1. The predicted octanol–water partition coefficient (Wildman–Crippen LogP) is 3.04. The Morgan fingerprint density at radius 1 is 1.47 bits per heavy atom. The minimum Gasteiger partial charge on any atom is -0.399 e. The molecule has 84 valence electrons. The Balaban J connectivity index is 2.50. The van der Waals surface area contributed by atoms with Crippen LogP contribution in [0.15, 0.2) is 22.7 Å². The Labute approximate surface area is 103 Å². The van der Waals surface area contributed by atoms with Gasteiger partial charge in [-0.2, -0.15) is 11.8 Å². The zero-order valence-electron chi connectivity index (χ0n) is 8.74. The first-order chi connectivity index (χ1) is 7.11. The van der Waals surface area contributed by atoms with Gasteiger partial charge >= 0.3 is 0 Å². The lowest BCUT2D eigenvalue weighted by Gasteiger charge is -2.09. The summed E-state index contributed by atoms with van der Waals surface area (Å²) in [6, 6.07) is 5.96. The topological polar surface area (TPSA) is 46.2 Å². The van der Waals surface area contributed by atoms with Crippen LogP contribution in [0.3, 0.4) is 0 Å². The van der Waals surface area contributed by atoms with Gasteiger partial charge in [0.15, 0.2) is 0 Å². The van der Waals surface area contributed by atoms with Gasteiger partial charge in [-0.25, -0.2) is 0 Å². The van der Waals surface area contributed by atoms with E-state index in [1.165, 1.54) is 5.56 Å². The van der Waals surface area contributed by atoms with E-state index in [2.05, 4.69) is 28.9 Å². The molecule has 15 heavy (non-hydrogen) atoms. The maximum Gasteiger partial charge on any atom is 0.0441 e. The van der Waals surface area contributed by atoms with E-state index in [4.69, 9.17) is 10.8 Å². The van der Waals surface area contributed by atoms with E-state index in [1.54, 1.807) is 0 Å². The zero-order chi connectivity index (χ0) is 11.3. The monoisotopic (exact) mass is 289 g/mol. The predicted molar refractivity (Wildman–Crippen MR) is 71.0 cm³/mol. The van der Waals surface area contributed by atoms with E-state index in [0.29, 0.717) is 5.25 Å². The van der Waals surface area contributed by atoms with Crippen molar-refractivity contribution >= 4 is 33.4 Å². The number of aliphatic hydroxyl groups excluding tert-OH is 1. The van der Waals surface area contributed by atoms with Gasteiger partial charge in [0.25, 0.3) is 0 Å². The van der Waals surface area contributed by atoms with Crippen molar-refractivity contribution in [1.82, 2.24) is 0 Å². The molecule has 0 spiro atoms. The summed E-state index contributed by atoms with van der Waals surface area (Å²) in [6.45, 7) is 2.39. The largest absolute Gasteiger partial charge is 0.399 e. The first-order valence-electron chi connectivity index (χ1n) is 4.89. The molecule has 1 aromatic carbocycles. The van der Waals surface area contributed by atoms with Crippen molar-refractivity contribution in [3.05, 3.63) is 28.2 Å². The third-order valence-corrected chi connectivity index (χ3v) is 3.81. The Kier molecular flexibility index (Phi) is 5.50. The molecule has 1 rings (SSSR count). The summed E-state index contributed by atoms with van der Waals surface area (Å²) in [5, 5.41) is 9.26. The number of hydrogen-bond donors (Lipinski definition) is 2. The van der Waals surface area contributed by atoms with E-state index < -0.39 is 0 Å². The minimum absolute atomic E-state index is 0.259. The van der Waals surface area contributed by atoms with Crippen LogP contribution in [0.2, 0.25) is 0 Å². The number of nitrogens with two attached hydrogens (primary N) is 1. The quantitative estimate of drug-likeness (QED) is 0.819. The maximum absolute atomic E-state index is 8.78. The number of anilines is 1. The third-order valence-electron chi connectivity index (χ3n) is 2.05. The van der Waals surface area contributed by atoms with Gasteiger partial charge in [-0.1, -0.05) is 22.9 Å². The molecule has 0 aliphatic carbocycles. The average Bonchev–Trinajstić information content (AvgIpc) is 2.14. The molecule has 0 aliphatic rings. The van der Waals surface area contributed by atoms with E-state index in [1.807, 2.05) is 23.9 Å². The van der Waals surface area contributed by atoms with Gasteiger partial charge in [0.05, 0.1) is 0 Å². The van der Waals surface area contributed by atoms with E-state index in [-0.39, 0.29) is 6.61 Å².